The molecule has 16 heteroatoms. The van der Waals surface area contributed by atoms with Crippen molar-refractivity contribution in [2.24, 2.45) is 0 Å². The predicted octanol–water partition coefficient (Wildman–Crippen LogP) is 3.91. The number of halogens is 11. The van der Waals surface area contributed by atoms with Crippen molar-refractivity contribution >= 4 is 11.9 Å². The molecule has 2 aliphatic rings. The Morgan fingerprint density at radius 1 is 0.629 bits per heavy atom. The lowest BCUT2D eigenvalue weighted by molar-refractivity contribution is -0.355. The first-order valence-corrected chi connectivity index (χ1v) is 9.05. The summed E-state index contributed by atoms with van der Waals surface area (Å²) >= 11 is 0. The van der Waals surface area contributed by atoms with Gasteiger partial charge in [-0.2, -0.15) is 4.39 Å². The van der Waals surface area contributed by atoms with E-state index in [4.69, 9.17) is 0 Å². The molecule has 0 aromatic heterocycles. The Morgan fingerprint density at radius 2 is 0.943 bits per heavy atom. The maximum Gasteiger partial charge on any atom is 0.326 e. The lowest BCUT2D eigenvalue weighted by atomic mass is 9.69. The lowest BCUT2D eigenvalue weighted by Gasteiger charge is -2.62. The van der Waals surface area contributed by atoms with E-state index in [1.165, 1.54) is 0 Å². The van der Waals surface area contributed by atoms with E-state index >= 15 is 4.39 Å². The number of ether oxygens (including phenoxy) is 1. The maximum absolute atomic E-state index is 15.6. The fourth-order valence-electron chi connectivity index (χ4n) is 4.26. The van der Waals surface area contributed by atoms with Crippen LogP contribution in [0, 0.1) is 58.2 Å². The predicted molar refractivity (Wildman–Crippen MR) is 87.9 cm³/mol. The van der Waals surface area contributed by atoms with Crippen molar-refractivity contribution < 1.29 is 62.6 Å². The molecule has 2 unspecified atom stereocenters. The number of amides is 3. The van der Waals surface area contributed by atoms with Gasteiger partial charge in [-0.3, -0.25) is 9.69 Å². The number of imide groups is 1. The smallest absolute Gasteiger partial charge is 0.317 e. The second-order valence-electron chi connectivity index (χ2n) is 7.53. The molecule has 2 heterocycles. The zero-order valence-corrected chi connectivity index (χ0v) is 16.9. The highest BCUT2D eigenvalue weighted by Crippen LogP contribution is 2.60. The molecule has 4 rings (SSSR count). The van der Waals surface area contributed by atoms with E-state index in [1.54, 1.807) is 0 Å². The monoisotopic (exact) mass is 520 g/mol. The fourth-order valence-corrected chi connectivity index (χ4v) is 4.26. The number of rotatable bonds is 2. The average Bonchev–Trinajstić information content (AvgIpc) is 2.81. The van der Waals surface area contributed by atoms with Crippen molar-refractivity contribution in [3.8, 4) is 0 Å². The van der Waals surface area contributed by atoms with E-state index in [2.05, 4.69) is 4.74 Å². The van der Waals surface area contributed by atoms with Gasteiger partial charge in [-0.15, -0.1) is 0 Å². The minimum absolute atomic E-state index is 0.0149. The van der Waals surface area contributed by atoms with Gasteiger partial charge in [0.1, 0.15) is 6.04 Å². The molecule has 2 fully saturated rings. The molecule has 5 nitrogen and oxygen atoms in total. The number of fused-ring (bicyclic) bond motifs is 1. The van der Waals surface area contributed by atoms with Gasteiger partial charge in [-0.1, -0.05) is 0 Å². The van der Waals surface area contributed by atoms with Crippen LogP contribution in [0.15, 0.2) is 0 Å². The van der Waals surface area contributed by atoms with Crippen LogP contribution in [0.2, 0.25) is 0 Å². The highest BCUT2D eigenvalue weighted by molar-refractivity contribution is 6.02. The van der Waals surface area contributed by atoms with Gasteiger partial charge >= 0.3 is 11.9 Å². The van der Waals surface area contributed by atoms with Gasteiger partial charge < -0.3 is 9.64 Å². The van der Waals surface area contributed by atoms with Crippen LogP contribution in [-0.2, 0) is 15.1 Å². The van der Waals surface area contributed by atoms with E-state index in [0.717, 1.165) is 0 Å². The minimum atomic E-state index is -4.12. The summed E-state index contributed by atoms with van der Waals surface area (Å²) in [5.74, 6) is -34.3. The van der Waals surface area contributed by atoms with Gasteiger partial charge in [0.15, 0.2) is 52.1 Å². The number of nitrogens with zero attached hydrogens (tertiary/aromatic N) is 2. The molecule has 0 spiro atoms. The molecule has 3 amide bonds. The van der Waals surface area contributed by atoms with Crippen LogP contribution < -0.4 is 0 Å². The van der Waals surface area contributed by atoms with Crippen LogP contribution >= 0.6 is 0 Å². The number of alkyl halides is 1. The quantitative estimate of drug-likeness (QED) is 0.343. The SMILES string of the molecule is CN1C(=O)N(C)C2C(F)(OC2(c2c(F)c(F)c(F)c(F)c2F)c2c(F)c(F)c(F)c(F)c2F)C1=O. The lowest BCUT2D eigenvalue weighted by Crippen LogP contribution is -2.83. The number of hydrogen-bond donors (Lipinski definition) is 0. The maximum atomic E-state index is 15.6. The highest BCUT2D eigenvalue weighted by Gasteiger charge is 2.79. The van der Waals surface area contributed by atoms with Crippen molar-refractivity contribution in [3.63, 3.8) is 0 Å². The van der Waals surface area contributed by atoms with Crippen LogP contribution in [0.5, 0.6) is 0 Å². The van der Waals surface area contributed by atoms with Crippen molar-refractivity contribution in [2.75, 3.05) is 14.1 Å². The summed E-state index contributed by atoms with van der Waals surface area (Å²) in [5.41, 5.74) is -8.94. The number of urea groups is 1. The summed E-state index contributed by atoms with van der Waals surface area (Å²) in [4.78, 5) is 24.7. The molecule has 0 bridgehead atoms. The topological polar surface area (TPSA) is 49.9 Å². The van der Waals surface area contributed by atoms with Crippen LogP contribution in [0.4, 0.5) is 53.1 Å². The fraction of sp³-hybridized carbons (Fsp3) is 0.263. The number of likely N-dealkylation sites (N-methyl/N-ethyl adjacent to an activating group) is 2. The van der Waals surface area contributed by atoms with E-state index in [1.807, 2.05) is 0 Å². The Bertz CT molecular complexity index is 1220. The van der Waals surface area contributed by atoms with Crippen LogP contribution in [0.1, 0.15) is 11.1 Å². The third-order valence-electron chi connectivity index (χ3n) is 5.78. The van der Waals surface area contributed by atoms with Crippen LogP contribution in [0.3, 0.4) is 0 Å². The molecule has 188 valence electrons. The third-order valence-corrected chi connectivity index (χ3v) is 5.78. The van der Waals surface area contributed by atoms with E-state index in [0.29, 0.717) is 14.1 Å². The number of benzene rings is 2. The summed E-state index contributed by atoms with van der Waals surface area (Å²) in [7, 11) is 1.22. The van der Waals surface area contributed by atoms with Crippen molar-refractivity contribution in [2.45, 2.75) is 17.5 Å². The van der Waals surface area contributed by atoms with Gasteiger partial charge in [0, 0.05) is 14.1 Å². The zero-order valence-electron chi connectivity index (χ0n) is 16.9. The zero-order chi connectivity index (χ0) is 26.5. The van der Waals surface area contributed by atoms with Crippen molar-refractivity contribution in [1.29, 1.82) is 0 Å². The van der Waals surface area contributed by atoms with Crippen LogP contribution in [-0.4, -0.2) is 47.7 Å². The molecule has 0 saturated carbocycles. The second kappa shape index (κ2) is 7.29. The summed E-state index contributed by atoms with van der Waals surface area (Å²) < 4.78 is 163. The average molecular weight is 520 g/mol. The van der Waals surface area contributed by atoms with E-state index < -0.39 is 98.7 Å². The van der Waals surface area contributed by atoms with Gasteiger partial charge in [0.25, 0.3) is 5.91 Å². The highest BCUT2D eigenvalue weighted by atomic mass is 19.2. The Balaban J connectivity index is 2.22. The number of hydrogen-bond acceptors (Lipinski definition) is 3. The van der Waals surface area contributed by atoms with Gasteiger partial charge in [0.2, 0.25) is 11.6 Å². The molecule has 0 radical (unpaired) electrons. The molecular weight excluding hydrogens is 513 g/mol. The van der Waals surface area contributed by atoms with Gasteiger partial charge in [0.05, 0.1) is 11.1 Å². The minimum Gasteiger partial charge on any atom is -0.317 e. The molecule has 0 aliphatic carbocycles. The van der Waals surface area contributed by atoms with Crippen molar-refractivity contribution in [3.05, 3.63) is 69.3 Å². The Labute approximate surface area is 186 Å². The normalized spacial score (nSPS) is 23.5. The third kappa shape index (κ3) is 2.68. The first kappa shape index (κ1) is 24.7. The molecular formula is C19H7F11N2O3. The Hall–Kier alpha value is -3.43. The van der Waals surface area contributed by atoms with Gasteiger partial charge in [-0.25, -0.2) is 48.7 Å². The molecule has 0 N–H and O–H groups in total. The molecule has 2 aromatic carbocycles. The molecule has 2 aliphatic heterocycles. The van der Waals surface area contributed by atoms with Gasteiger partial charge in [-0.05, 0) is 0 Å². The van der Waals surface area contributed by atoms with E-state index in [-0.39, 0.29) is 9.80 Å². The molecule has 2 aromatic rings. The van der Waals surface area contributed by atoms with E-state index in [9.17, 15) is 53.5 Å². The summed E-state index contributed by atoms with van der Waals surface area (Å²) in [6.45, 7) is 0. The first-order valence-electron chi connectivity index (χ1n) is 9.05. The first-order chi connectivity index (χ1) is 16.1. The largest absolute Gasteiger partial charge is 0.326 e. The Morgan fingerprint density at radius 3 is 1.29 bits per heavy atom. The number of carbonyl (C=O) groups is 2. The second-order valence-corrected chi connectivity index (χ2v) is 7.53. The van der Waals surface area contributed by atoms with Crippen molar-refractivity contribution in [1.82, 2.24) is 9.80 Å². The van der Waals surface area contributed by atoms with Crippen LogP contribution in [0.25, 0.3) is 0 Å². The summed E-state index contributed by atoms with van der Waals surface area (Å²) in [6, 6.07) is -4.55. The summed E-state index contributed by atoms with van der Waals surface area (Å²) in [5, 5.41) is 0. The standard InChI is InChI=1S/C19H7F11N2O3/c1-31-15-18(35-19(15,30)16(33)32(2)17(31)34,3-5(20)9(24)13(28)10(25)6(3)21)4-7(22)11(26)14(29)12(27)8(4)23/h15H,1-2H3. The number of carbonyl (C=O) groups excluding carboxylic acids is 2. The molecule has 35 heavy (non-hydrogen) atoms. The Kier molecular flexibility index (Phi) is 5.14. The molecule has 2 saturated heterocycles. The molecule has 2 atom stereocenters. The summed E-state index contributed by atoms with van der Waals surface area (Å²) in [6.07, 6.45) is 0.